The summed E-state index contributed by atoms with van der Waals surface area (Å²) in [6.07, 6.45) is 5.98. The summed E-state index contributed by atoms with van der Waals surface area (Å²) in [7, 11) is 0. The van der Waals surface area contributed by atoms with E-state index < -0.39 is 5.54 Å². The highest BCUT2D eigenvalue weighted by Crippen LogP contribution is 2.29. The Morgan fingerprint density at radius 1 is 1.10 bits per heavy atom. The Morgan fingerprint density at radius 3 is 2.29 bits per heavy atom. The Bertz CT molecular complexity index is 408. The third kappa shape index (κ3) is 3.55. The van der Waals surface area contributed by atoms with Crippen LogP contribution in [0.2, 0.25) is 0 Å². The predicted octanol–water partition coefficient (Wildman–Crippen LogP) is -0.319. The van der Waals surface area contributed by atoms with Crippen LogP contribution in [0.25, 0.3) is 0 Å². The molecule has 1 saturated heterocycles. The Balaban J connectivity index is 1.43. The van der Waals surface area contributed by atoms with E-state index in [0.29, 0.717) is 25.7 Å². The third-order valence-corrected chi connectivity index (χ3v) is 4.89. The van der Waals surface area contributed by atoms with Crippen LogP contribution < -0.4 is 11.1 Å². The van der Waals surface area contributed by atoms with Gasteiger partial charge in [0.1, 0.15) is 0 Å². The molecule has 6 heteroatoms. The molecular weight excluding hydrogens is 268 g/mol. The summed E-state index contributed by atoms with van der Waals surface area (Å²) in [6, 6.07) is 0.417. The lowest BCUT2D eigenvalue weighted by molar-refractivity contribution is -0.138. The molecule has 1 aliphatic heterocycles. The number of piperazine rings is 1. The lowest BCUT2D eigenvalue weighted by Crippen LogP contribution is -2.59. The number of hydrogen-bond donors (Lipinski definition) is 2. The maximum Gasteiger partial charge on any atom is 0.242 e. The molecule has 2 amide bonds. The first-order valence-corrected chi connectivity index (χ1v) is 8.17. The number of amides is 2. The van der Waals surface area contributed by atoms with Crippen molar-refractivity contribution in [3.8, 4) is 0 Å². The molecule has 0 radical (unpaired) electrons. The van der Waals surface area contributed by atoms with Gasteiger partial charge in [-0.25, -0.2) is 0 Å². The molecule has 2 aliphatic carbocycles. The molecule has 3 rings (SSSR count). The number of carbonyl (C=O) groups excluding carboxylic acids is 2. The summed E-state index contributed by atoms with van der Waals surface area (Å²) in [5, 5.41) is 3.00. The minimum atomic E-state index is -0.620. The van der Waals surface area contributed by atoms with E-state index >= 15 is 0 Å². The highest BCUT2D eigenvalue weighted by molar-refractivity contribution is 5.86. The second-order valence-corrected chi connectivity index (χ2v) is 6.77. The molecule has 0 aromatic rings. The second kappa shape index (κ2) is 5.93. The van der Waals surface area contributed by atoms with Gasteiger partial charge in [-0.3, -0.25) is 14.5 Å². The average molecular weight is 294 g/mol. The number of nitrogens with one attached hydrogen (secondary N) is 1. The first kappa shape index (κ1) is 14.8. The van der Waals surface area contributed by atoms with E-state index in [4.69, 9.17) is 5.73 Å². The van der Waals surface area contributed by atoms with Crippen LogP contribution in [0.3, 0.4) is 0 Å². The van der Waals surface area contributed by atoms with Gasteiger partial charge in [0, 0.05) is 32.2 Å². The molecule has 0 bridgehead atoms. The van der Waals surface area contributed by atoms with Crippen molar-refractivity contribution in [3.05, 3.63) is 0 Å². The van der Waals surface area contributed by atoms with E-state index in [0.717, 1.165) is 51.6 Å². The minimum Gasteiger partial charge on any atom is -0.352 e. The van der Waals surface area contributed by atoms with Crippen molar-refractivity contribution >= 4 is 11.8 Å². The lowest BCUT2D eigenvalue weighted by Gasteiger charge is -2.38. The zero-order valence-electron chi connectivity index (χ0n) is 12.6. The summed E-state index contributed by atoms with van der Waals surface area (Å²) >= 11 is 0. The van der Waals surface area contributed by atoms with E-state index in [1.54, 1.807) is 0 Å². The monoisotopic (exact) mass is 294 g/mol. The first-order chi connectivity index (χ1) is 10.1. The molecule has 2 saturated carbocycles. The summed E-state index contributed by atoms with van der Waals surface area (Å²) in [5.74, 6) is 0.227. The summed E-state index contributed by atoms with van der Waals surface area (Å²) in [6.45, 7) is 3.36. The zero-order valence-corrected chi connectivity index (χ0v) is 12.6. The van der Waals surface area contributed by atoms with Crippen LogP contribution in [0.4, 0.5) is 0 Å². The Kier molecular flexibility index (Phi) is 4.17. The molecule has 3 aliphatic rings. The van der Waals surface area contributed by atoms with Crippen LogP contribution in [0.15, 0.2) is 0 Å². The highest BCUT2D eigenvalue weighted by Gasteiger charge is 2.40. The molecular formula is C15H26N4O2. The highest BCUT2D eigenvalue weighted by atomic mass is 16.2. The zero-order chi connectivity index (χ0) is 14.9. The van der Waals surface area contributed by atoms with Gasteiger partial charge in [-0.15, -0.1) is 0 Å². The Hall–Kier alpha value is -1.14. The van der Waals surface area contributed by atoms with Crippen LogP contribution in [0.1, 0.15) is 38.5 Å². The average Bonchev–Trinajstić information content (AvgIpc) is 3.17. The molecule has 0 aromatic carbocycles. The van der Waals surface area contributed by atoms with Gasteiger partial charge in [0.2, 0.25) is 11.8 Å². The second-order valence-electron chi connectivity index (χ2n) is 6.77. The largest absolute Gasteiger partial charge is 0.352 e. The maximum absolute atomic E-state index is 12.5. The number of rotatable bonds is 4. The summed E-state index contributed by atoms with van der Waals surface area (Å²) in [5.41, 5.74) is 5.62. The number of hydrogen-bond acceptors (Lipinski definition) is 4. The van der Waals surface area contributed by atoms with Crippen molar-refractivity contribution in [1.82, 2.24) is 15.1 Å². The molecule has 1 heterocycles. The van der Waals surface area contributed by atoms with E-state index in [1.807, 2.05) is 4.90 Å². The van der Waals surface area contributed by atoms with Crippen LogP contribution in [0.5, 0.6) is 0 Å². The van der Waals surface area contributed by atoms with Crippen molar-refractivity contribution in [3.63, 3.8) is 0 Å². The first-order valence-electron chi connectivity index (χ1n) is 8.17. The van der Waals surface area contributed by atoms with E-state index in [9.17, 15) is 9.59 Å². The minimum absolute atomic E-state index is 0.113. The molecule has 21 heavy (non-hydrogen) atoms. The van der Waals surface area contributed by atoms with Gasteiger partial charge < -0.3 is 16.0 Å². The summed E-state index contributed by atoms with van der Waals surface area (Å²) in [4.78, 5) is 28.3. The third-order valence-electron chi connectivity index (χ3n) is 4.89. The lowest BCUT2D eigenvalue weighted by atomic mass is 9.97. The molecule has 3 fully saturated rings. The van der Waals surface area contributed by atoms with Crippen LogP contribution in [-0.4, -0.2) is 65.9 Å². The molecule has 0 aromatic heterocycles. The van der Waals surface area contributed by atoms with E-state index in [-0.39, 0.29) is 11.8 Å². The SMILES string of the molecule is NC1(C(=O)N2CCN(CC(=O)NC3CC3)CC2)CCCC1. The molecule has 118 valence electrons. The molecule has 6 nitrogen and oxygen atoms in total. The molecule has 3 N–H and O–H groups in total. The fourth-order valence-electron chi connectivity index (χ4n) is 3.35. The van der Waals surface area contributed by atoms with Crippen LogP contribution in [0, 0.1) is 0 Å². The van der Waals surface area contributed by atoms with Gasteiger partial charge in [0.05, 0.1) is 12.1 Å². The molecule has 0 spiro atoms. The Labute approximate surface area is 126 Å². The van der Waals surface area contributed by atoms with Gasteiger partial charge >= 0.3 is 0 Å². The number of nitrogens with zero attached hydrogens (tertiary/aromatic N) is 2. The fourth-order valence-corrected chi connectivity index (χ4v) is 3.35. The van der Waals surface area contributed by atoms with Crippen molar-refractivity contribution in [2.75, 3.05) is 32.7 Å². The molecule has 0 unspecified atom stereocenters. The van der Waals surface area contributed by atoms with Crippen LogP contribution in [-0.2, 0) is 9.59 Å². The smallest absolute Gasteiger partial charge is 0.242 e. The van der Waals surface area contributed by atoms with Crippen molar-refractivity contribution in [2.45, 2.75) is 50.1 Å². The van der Waals surface area contributed by atoms with E-state index in [1.165, 1.54) is 0 Å². The van der Waals surface area contributed by atoms with Gasteiger partial charge in [-0.05, 0) is 25.7 Å². The topological polar surface area (TPSA) is 78.7 Å². The van der Waals surface area contributed by atoms with Gasteiger partial charge in [-0.2, -0.15) is 0 Å². The fraction of sp³-hybridized carbons (Fsp3) is 0.867. The maximum atomic E-state index is 12.5. The normalized spacial score (nSPS) is 25.9. The standard InChI is InChI=1S/C15H26N4O2/c16-15(5-1-2-6-15)14(21)19-9-7-18(8-10-19)11-13(20)17-12-3-4-12/h12H,1-11,16H2,(H,17,20). The molecule has 0 atom stereocenters. The van der Waals surface area contributed by atoms with Gasteiger partial charge in [0.15, 0.2) is 0 Å². The quantitative estimate of drug-likeness (QED) is 0.745. The van der Waals surface area contributed by atoms with Crippen molar-refractivity contribution in [1.29, 1.82) is 0 Å². The van der Waals surface area contributed by atoms with Crippen molar-refractivity contribution in [2.24, 2.45) is 5.73 Å². The van der Waals surface area contributed by atoms with Gasteiger partial charge in [-0.1, -0.05) is 12.8 Å². The van der Waals surface area contributed by atoms with Crippen molar-refractivity contribution < 1.29 is 9.59 Å². The predicted molar refractivity (Wildman–Crippen MR) is 79.6 cm³/mol. The Morgan fingerprint density at radius 2 is 1.71 bits per heavy atom. The van der Waals surface area contributed by atoms with E-state index in [2.05, 4.69) is 10.2 Å². The number of nitrogens with two attached hydrogens (primary N) is 1. The van der Waals surface area contributed by atoms with Gasteiger partial charge in [0.25, 0.3) is 0 Å². The van der Waals surface area contributed by atoms with Crippen LogP contribution >= 0.6 is 0 Å². The number of carbonyl (C=O) groups is 2. The summed E-state index contributed by atoms with van der Waals surface area (Å²) < 4.78 is 0.